The van der Waals surface area contributed by atoms with E-state index in [1.165, 1.54) is 0 Å². The van der Waals surface area contributed by atoms with E-state index in [2.05, 4.69) is 33.0 Å². The lowest BCUT2D eigenvalue weighted by molar-refractivity contribution is -0.132. The SMILES string of the molecule is CC(C)CCC(=O)NCC(=O)N(C)CCC(N)C(C)C. The van der Waals surface area contributed by atoms with Crippen molar-refractivity contribution in [2.24, 2.45) is 17.6 Å². The average Bonchev–Trinajstić information content (AvgIpc) is 2.38. The summed E-state index contributed by atoms with van der Waals surface area (Å²) in [5.41, 5.74) is 5.95. The van der Waals surface area contributed by atoms with Crippen molar-refractivity contribution in [2.45, 2.75) is 53.0 Å². The Hall–Kier alpha value is -1.10. The van der Waals surface area contributed by atoms with Crippen molar-refractivity contribution >= 4 is 11.8 Å². The predicted molar refractivity (Wildman–Crippen MR) is 82.1 cm³/mol. The van der Waals surface area contributed by atoms with Gasteiger partial charge in [0.15, 0.2) is 0 Å². The van der Waals surface area contributed by atoms with Crippen LogP contribution in [0.1, 0.15) is 47.0 Å². The number of rotatable bonds is 9. The van der Waals surface area contributed by atoms with Crippen LogP contribution in [0.5, 0.6) is 0 Å². The van der Waals surface area contributed by atoms with E-state index in [4.69, 9.17) is 5.73 Å². The summed E-state index contributed by atoms with van der Waals surface area (Å²) in [7, 11) is 1.75. The number of carbonyl (C=O) groups excluding carboxylic acids is 2. The van der Waals surface area contributed by atoms with Crippen LogP contribution in [0.2, 0.25) is 0 Å². The number of nitrogens with two attached hydrogens (primary N) is 1. The number of hydrogen-bond acceptors (Lipinski definition) is 3. The maximum atomic E-state index is 11.8. The van der Waals surface area contributed by atoms with Crippen LogP contribution in [0.4, 0.5) is 0 Å². The molecule has 0 spiro atoms. The first-order chi connectivity index (χ1) is 9.23. The first-order valence-electron chi connectivity index (χ1n) is 7.50. The Kier molecular flexibility index (Phi) is 9.21. The summed E-state index contributed by atoms with van der Waals surface area (Å²) in [6.07, 6.45) is 2.10. The molecule has 0 bridgehead atoms. The maximum Gasteiger partial charge on any atom is 0.241 e. The zero-order valence-electron chi connectivity index (χ0n) is 13.6. The monoisotopic (exact) mass is 285 g/mol. The lowest BCUT2D eigenvalue weighted by atomic mass is 10.0. The van der Waals surface area contributed by atoms with Crippen LogP contribution in [0.25, 0.3) is 0 Å². The van der Waals surface area contributed by atoms with Crippen LogP contribution in [0.15, 0.2) is 0 Å². The number of hydrogen-bond donors (Lipinski definition) is 2. The lowest BCUT2D eigenvalue weighted by Crippen LogP contribution is -2.40. The Morgan fingerprint density at radius 1 is 1.15 bits per heavy atom. The standard InChI is InChI=1S/C15H31N3O2/c1-11(2)6-7-14(19)17-10-15(20)18(5)9-8-13(16)12(3)4/h11-13H,6-10,16H2,1-5H3,(H,17,19). The third-order valence-electron chi connectivity index (χ3n) is 3.47. The van der Waals surface area contributed by atoms with Crippen molar-refractivity contribution in [3.63, 3.8) is 0 Å². The van der Waals surface area contributed by atoms with E-state index >= 15 is 0 Å². The van der Waals surface area contributed by atoms with E-state index in [1.807, 2.05) is 0 Å². The minimum Gasteiger partial charge on any atom is -0.347 e. The molecule has 1 unspecified atom stereocenters. The van der Waals surface area contributed by atoms with Gasteiger partial charge in [0, 0.05) is 26.1 Å². The van der Waals surface area contributed by atoms with Crippen molar-refractivity contribution in [1.29, 1.82) is 0 Å². The van der Waals surface area contributed by atoms with Crippen molar-refractivity contribution in [3.05, 3.63) is 0 Å². The molecule has 0 rings (SSSR count). The minimum atomic E-state index is -0.0705. The molecule has 2 amide bonds. The molecule has 0 aromatic heterocycles. The zero-order valence-corrected chi connectivity index (χ0v) is 13.6. The molecule has 0 saturated heterocycles. The Bertz CT molecular complexity index is 303. The fraction of sp³-hybridized carbons (Fsp3) is 0.867. The van der Waals surface area contributed by atoms with Gasteiger partial charge >= 0.3 is 0 Å². The molecule has 0 saturated carbocycles. The molecular weight excluding hydrogens is 254 g/mol. The highest BCUT2D eigenvalue weighted by atomic mass is 16.2. The normalized spacial score (nSPS) is 12.6. The van der Waals surface area contributed by atoms with Gasteiger partial charge in [0.25, 0.3) is 0 Å². The fourth-order valence-corrected chi connectivity index (χ4v) is 1.62. The van der Waals surface area contributed by atoms with E-state index < -0.39 is 0 Å². The molecule has 0 aliphatic carbocycles. The predicted octanol–water partition coefficient (Wildman–Crippen LogP) is 1.37. The van der Waals surface area contributed by atoms with Gasteiger partial charge in [-0.05, 0) is 24.7 Å². The summed E-state index contributed by atoms with van der Waals surface area (Å²) < 4.78 is 0. The highest BCUT2D eigenvalue weighted by Crippen LogP contribution is 2.04. The van der Waals surface area contributed by atoms with Crippen LogP contribution in [0.3, 0.4) is 0 Å². The topological polar surface area (TPSA) is 75.4 Å². The van der Waals surface area contributed by atoms with Gasteiger partial charge in [0.1, 0.15) is 0 Å². The number of amides is 2. The van der Waals surface area contributed by atoms with Gasteiger partial charge in [-0.3, -0.25) is 9.59 Å². The number of carbonyl (C=O) groups is 2. The molecule has 0 aliphatic rings. The van der Waals surface area contributed by atoms with Gasteiger partial charge in [0.2, 0.25) is 11.8 Å². The third-order valence-corrected chi connectivity index (χ3v) is 3.47. The quantitative estimate of drug-likeness (QED) is 0.672. The first-order valence-corrected chi connectivity index (χ1v) is 7.50. The van der Waals surface area contributed by atoms with Crippen molar-refractivity contribution < 1.29 is 9.59 Å². The summed E-state index contributed by atoms with van der Waals surface area (Å²) in [4.78, 5) is 25.0. The molecule has 0 fully saturated rings. The Labute approximate surface area is 123 Å². The second-order valence-corrected chi connectivity index (χ2v) is 6.22. The van der Waals surface area contributed by atoms with E-state index in [1.54, 1.807) is 11.9 Å². The molecule has 5 heteroatoms. The molecular formula is C15H31N3O2. The molecule has 118 valence electrons. The van der Waals surface area contributed by atoms with Crippen molar-refractivity contribution in [1.82, 2.24) is 10.2 Å². The molecule has 1 atom stereocenters. The largest absolute Gasteiger partial charge is 0.347 e. The van der Waals surface area contributed by atoms with Crippen LogP contribution in [0, 0.1) is 11.8 Å². The van der Waals surface area contributed by atoms with Crippen LogP contribution in [-0.4, -0.2) is 42.9 Å². The summed E-state index contributed by atoms with van der Waals surface area (Å²) >= 11 is 0. The molecule has 20 heavy (non-hydrogen) atoms. The molecule has 0 heterocycles. The fourth-order valence-electron chi connectivity index (χ4n) is 1.62. The van der Waals surface area contributed by atoms with E-state index in [-0.39, 0.29) is 24.4 Å². The summed E-state index contributed by atoms with van der Waals surface area (Å²) in [5.74, 6) is 0.782. The average molecular weight is 285 g/mol. The molecule has 0 radical (unpaired) electrons. The smallest absolute Gasteiger partial charge is 0.241 e. The summed E-state index contributed by atoms with van der Waals surface area (Å²) in [6.45, 7) is 8.99. The van der Waals surface area contributed by atoms with Gasteiger partial charge in [0.05, 0.1) is 6.54 Å². The van der Waals surface area contributed by atoms with Gasteiger partial charge < -0.3 is 16.0 Å². The van der Waals surface area contributed by atoms with Crippen molar-refractivity contribution in [2.75, 3.05) is 20.1 Å². The third kappa shape index (κ3) is 8.91. The molecule has 0 aliphatic heterocycles. The van der Waals surface area contributed by atoms with Crippen LogP contribution in [-0.2, 0) is 9.59 Å². The first kappa shape index (κ1) is 18.9. The highest BCUT2D eigenvalue weighted by Gasteiger charge is 2.13. The number of nitrogens with one attached hydrogen (secondary N) is 1. The highest BCUT2D eigenvalue weighted by molar-refractivity contribution is 5.84. The van der Waals surface area contributed by atoms with E-state index in [0.717, 1.165) is 12.8 Å². The second-order valence-electron chi connectivity index (χ2n) is 6.22. The minimum absolute atomic E-state index is 0.0562. The van der Waals surface area contributed by atoms with Gasteiger partial charge in [-0.25, -0.2) is 0 Å². The Morgan fingerprint density at radius 2 is 1.75 bits per heavy atom. The van der Waals surface area contributed by atoms with Gasteiger partial charge in [-0.2, -0.15) is 0 Å². The molecule has 0 aromatic rings. The Balaban J connectivity index is 3.88. The Morgan fingerprint density at radius 3 is 2.25 bits per heavy atom. The molecule has 5 nitrogen and oxygen atoms in total. The van der Waals surface area contributed by atoms with Crippen LogP contribution >= 0.6 is 0 Å². The van der Waals surface area contributed by atoms with Gasteiger partial charge in [-0.1, -0.05) is 27.7 Å². The van der Waals surface area contributed by atoms with E-state index in [0.29, 0.717) is 24.8 Å². The zero-order chi connectivity index (χ0) is 15.7. The van der Waals surface area contributed by atoms with E-state index in [9.17, 15) is 9.59 Å². The maximum absolute atomic E-state index is 11.8. The van der Waals surface area contributed by atoms with Crippen LogP contribution < -0.4 is 11.1 Å². The van der Waals surface area contributed by atoms with Crippen molar-refractivity contribution in [3.8, 4) is 0 Å². The molecule has 0 aromatic carbocycles. The number of nitrogens with zero attached hydrogens (tertiary/aromatic N) is 1. The molecule has 3 N–H and O–H groups in total. The summed E-state index contributed by atoms with van der Waals surface area (Å²) in [5, 5.41) is 2.67. The second kappa shape index (κ2) is 9.75. The van der Waals surface area contributed by atoms with Gasteiger partial charge in [-0.15, -0.1) is 0 Å². The summed E-state index contributed by atoms with van der Waals surface area (Å²) in [6, 6.07) is 0.103. The number of likely N-dealkylation sites (N-methyl/N-ethyl adjacent to an activating group) is 1. The lowest BCUT2D eigenvalue weighted by Gasteiger charge is -2.21.